The highest BCUT2D eigenvalue weighted by Gasteiger charge is 2.35. The van der Waals surface area contributed by atoms with Crippen molar-refractivity contribution in [3.05, 3.63) is 38.7 Å². The first-order valence-electron chi connectivity index (χ1n) is 7.82. The van der Waals surface area contributed by atoms with Crippen LogP contribution in [0.1, 0.15) is 23.7 Å². The molecule has 1 atom stereocenters. The molecule has 1 amide bonds. The van der Waals surface area contributed by atoms with E-state index in [2.05, 4.69) is 11.9 Å². The highest BCUT2D eigenvalue weighted by molar-refractivity contribution is 5.96. The van der Waals surface area contributed by atoms with Gasteiger partial charge in [-0.25, -0.2) is 9.78 Å². The molecule has 24 heavy (non-hydrogen) atoms. The van der Waals surface area contributed by atoms with Crippen LogP contribution < -0.4 is 17.0 Å². The lowest BCUT2D eigenvalue weighted by atomic mass is 9.90. The van der Waals surface area contributed by atoms with Gasteiger partial charge >= 0.3 is 5.69 Å². The molecule has 2 aromatic rings. The van der Waals surface area contributed by atoms with Crippen LogP contribution in [0.3, 0.4) is 0 Å². The number of pyridine rings is 1. The fraction of sp³-hybridized carbons (Fsp3) is 0.500. The van der Waals surface area contributed by atoms with Gasteiger partial charge in [-0.05, 0) is 24.4 Å². The van der Waals surface area contributed by atoms with Crippen LogP contribution in [-0.4, -0.2) is 44.6 Å². The van der Waals surface area contributed by atoms with Crippen LogP contribution >= 0.6 is 0 Å². The maximum atomic E-state index is 12.7. The normalized spacial score (nSPS) is 20.8. The molecule has 3 rings (SSSR count). The van der Waals surface area contributed by atoms with Gasteiger partial charge in [0.05, 0.1) is 10.9 Å². The molecule has 1 aliphatic rings. The number of amides is 1. The standard InChI is InChI=1S/C16H21N5O3/c1-16(8-17)4-5-21(9-16)13(22)10-6-11-12(18-7-10)19(2)15(24)20(3)14(11)23/h6-7H,4-5,8-9,17H2,1-3H3. The van der Waals surface area contributed by atoms with Crippen molar-refractivity contribution in [2.24, 2.45) is 25.2 Å². The third-order valence-electron chi connectivity index (χ3n) is 4.88. The number of aryl methyl sites for hydroxylation is 1. The number of hydrogen-bond acceptors (Lipinski definition) is 5. The Bertz CT molecular complexity index is 945. The third-order valence-corrected chi connectivity index (χ3v) is 4.88. The van der Waals surface area contributed by atoms with Crippen LogP contribution in [0, 0.1) is 5.41 Å². The highest BCUT2D eigenvalue weighted by atomic mass is 16.2. The smallest absolute Gasteiger partial charge is 0.332 e. The van der Waals surface area contributed by atoms with Gasteiger partial charge < -0.3 is 10.6 Å². The highest BCUT2D eigenvalue weighted by Crippen LogP contribution is 2.29. The van der Waals surface area contributed by atoms with Crippen LogP contribution in [0.2, 0.25) is 0 Å². The summed E-state index contributed by atoms with van der Waals surface area (Å²) in [6.45, 7) is 3.81. The van der Waals surface area contributed by atoms with Crippen molar-refractivity contribution >= 4 is 16.9 Å². The summed E-state index contributed by atoms with van der Waals surface area (Å²) in [7, 11) is 2.96. The number of likely N-dealkylation sites (tertiary alicyclic amines) is 1. The van der Waals surface area contributed by atoms with E-state index in [1.165, 1.54) is 23.9 Å². The number of hydrogen-bond donors (Lipinski definition) is 1. The first-order valence-corrected chi connectivity index (χ1v) is 7.82. The third kappa shape index (κ3) is 2.43. The second kappa shape index (κ2) is 5.55. The van der Waals surface area contributed by atoms with E-state index in [4.69, 9.17) is 5.73 Å². The van der Waals surface area contributed by atoms with E-state index in [1.807, 2.05) is 0 Å². The van der Waals surface area contributed by atoms with Gasteiger partial charge in [0.25, 0.3) is 11.5 Å². The fourth-order valence-corrected chi connectivity index (χ4v) is 3.13. The van der Waals surface area contributed by atoms with Crippen molar-refractivity contribution in [3.63, 3.8) is 0 Å². The van der Waals surface area contributed by atoms with Crippen molar-refractivity contribution in [1.29, 1.82) is 0 Å². The van der Waals surface area contributed by atoms with E-state index in [0.29, 0.717) is 25.2 Å². The van der Waals surface area contributed by atoms with Crippen LogP contribution in [0.4, 0.5) is 0 Å². The quantitative estimate of drug-likeness (QED) is 0.795. The van der Waals surface area contributed by atoms with Gasteiger partial charge in [-0.15, -0.1) is 0 Å². The average Bonchev–Trinajstić information content (AvgIpc) is 3.00. The van der Waals surface area contributed by atoms with Crippen LogP contribution in [-0.2, 0) is 14.1 Å². The predicted molar refractivity (Wildman–Crippen MR) is 89.9 cm³/mol. The van der Waals surface area contributed by atoms with Gasteiger partial charge in [-0.3, -0.25) is 18.7 Å². The van der Waals surface area contributed by atoms with Crippen molar-refractivity contribution < 1.29 is 4.79 Å². The minimum absolute atomic E-state index is 0.0695. The fourth-order valence-electron chi connectivity index (χ4n) is 3.13. The Kier molecular flexibility index (Phi) is 3.79. The van der Waals surface area contributed by atoms with Crippen LogP contribution in [0.5, 0.6) is 0 Å². The largest absolute Gasteiger partial charge is 0.338 e. The molecule has 8 nitrogen and oxygen atoms in total. The summed E-state index contributed by atoms with van der Waals surface area (Å²) in [5.74, 6) is -0.169. The van der Waals surface area contributed by atoms with Crippen molar-refractivity contribution in [3.8, 4) is 0 Å². The first kappa shape index (κ1) is 16.4. The lowest BCUT2D eigenvalue weighted by molar-refractivity contribution is 0.0776. The lowest BCUT2D eigenvalue weighted by Crippen LogP contribution is -2.38. The molecule has 0 saturated carbocycles. The zero-order valence-corrected chi connectivity index (χ0v) is 14.1. The maximum absolute atomic E-state index is 12.7. The molecule has 1 fully saturated rings. The number of nitrogens with two attached hydrogens (primary N) is 1. The number of aromatic nitrogens is 3. The molecule has 1 saturated heterocycles. The summed E-state index contributed by atoms with van der Waals surface area (Å²) in [4.78, 5) is 42.9. The van der Waals surface area contributed by atoms with Crippen molar-refractivity contribution in [2.45, 2.75) is 13.3 Å². The van der Waals surface area contributed by atoms with Crippen LogP contribution in [0.15, 0.2) is 21.9 Å². The second-order valence-corrected chi connectivity index (χ2v) is 6.79. The maximum Gasteiger partial charge on any atom is 0.332 e. The van der Waals surface area contributed by atoms with Crippen LogP contribution in [0.25, 0.3) is 11.0 Å². The molecular formula is C16H21N5O3. The van der Waals surface area contributed by atoms with Gasteiger partial charge in [0.2, 0.25) is 0 Å². The summed E-state index contributed by atoms with van der Waals surface area (Å²) in [5, 5.41) is 0.256. The number of nitrogens with zero attached hydrogens (tertiary/aromatic N) is 4. The van der Waals surface area contributed by atoms with E-state index in [1.54, 1.807) is 11.9 Å². The summed E-state index contributed by atoms with van der Waals surface area (Å²) >= 11 is 0. The van der Waals surface area contributed by atoms with Gasteiger partial charge in [-0.1, -0.05) is 6.92 Å². The predicted octanol–water partition coefficient (Wildman–Crippen LogP) is -0.557. The topological polar surface area (TPSA) is 103 Å². The molecule has 1 unspecified atom stereocenters. The molecule has 1 aliphatic heterocycles. The van der Waals surface area contributed by atoms with Gasteiger partial charge in [0.1, 0.15) is 5.65 Å². The summed E-state index contributed by atoms with van der Waals surface area (Å²) in [5.41, 5.74) is 5.43. The monoisotopic (exact) mass is 331 g/mol. The first-order chi connectivity index (χ1) is 11.3. The molecule has 8 heteroatoms. The van der Waals surface area contributed by atoms with E-state index < -0.39 is 11.2 Å². The number of carbonyl (C=O) groups excluding carboxylic acids is 1. The van der Waals surface area contributed by atoms with Crippen molar-refractivity contribution in [2.75, 3.05) is 19.6 Å². The molecule has 128 valence electrons. The molecule has 0 radical (unpaired) electrons. The Hall–Kier alpha value is -2.48. The number of carbonyl (C=O) groups is 1. The molecule has 0 aliphatic carbocycles. The molecule has 0 aromatic carbocycles. The summed E-state index contributed by atoms with van der Waals surface area (Å²) in [6.07, 6.45) is 2.27. The van der Waals surface area contributed by atoms with Crippen molar-refractivity contribution in [1.82, 2.24) is 19.0 Å². The summed E-state index contributed by atoms with van der Waals surface area (Å²) in [6, 6.07) is 1.52. The minimum Gasteiger partial charge on any atom is -0.338 e. The molecule has 2 aromatic heterocycles. The SMILES string of the molecule is Cn1c(=O)c2cc(C(=O)N3CCC(C)(CN)C3)cnc2n(C)c1=O. The summed E-state index contributed by atoms with van der Waals surface area (Å²) < 4.78 is 2.31. The van der Waals surface area contributed by atoms with Gasteiger partial charge in [0.15, 0.2) is 0 Å². The Labute approximate surface area is 138 Å². The second-order valence-electron chi connectivity index (χ2n) is 6.79. The van der Waals surface area contributed by atoms with E-state index in [-0.39, 0.29) is 22.4 Å². The average molecular weight is 331 g/mol. The molecular weight excluding hydrogens is 310 g/mol. The zero-order valence-electron chi connectivity index (χ0n) is 14.1. The Morgan fingerprint density at radius 2 is 2.04 bits per heavy atom. The Morgan fingerprint density at radius 3 is 2.67 bits per heavy atom. The lowest BCUT2D eigenvalue weighted by Gasteiger charge is -2.22. The van der Waals surface area contributed by atoms with E-state index >= 15 is 0 Å². The number of rotatable bonds is 2. The van der Waals surface area contributed by atoms with Gasteiger partial charge in [0, 0.05) is 33.4 Å². The molecule has 2 N–H and O–H groups in total. The Morgan fingerprint density at radius 1 is 1.33 bits per heavy atom. The zero-order chi connectivity index (χ0) is 17.6. The number of fused-ring (bicyclic) bond motifs is 1. The van der Waals surface area contributed by atoms with E-state index in [9.17, 15) is 14.4 Å². The minimum atomic E-state index is -0.455. The molecule has 3 heterocycles. The molecule has 0 bridgehead atoms. The van der Waals surface area contributed by atoms with E-state index in [0.717, 1.165) is 11.0 Å². The Balaban J connectivity index is 2.05. The van der Waals surface area contributed by atoms with Gasteiger partial charge in [-0.2, -0.15) is 0 Å². The molecule has 0 spiro atoms.